The number of carbonyl (C=O) groups is 1. The van der Waals surface area contributed by atoms with Gasteiger partial charge in [0.15, 0.2) is 0 Å². The lowest BCUT2D eigenvalue weighted by Crippen LogP contribution is -2.14. The van der Waals surface area contributed by atoms with Crippen LogP contribution in [0.5, 0.6) is 0 Å². The lowest BCUT2D eigenvalue weighted by molar-refractivity contribution is 0.102. The summed E-state index contributed by atoms with van der Waals surface area (Å²) >= 11 is 0. The molecule has 1 N–H and O–H groups in total. The van der Waals surface area contributed by atoms with Crippen LogP contribution >= 0.6 is 0 Å². The molecule has 25 heavy (non-hydrogen) atoms. The quantitative estimate of drug-likeness (QED) is 0.619. The molecular weight excluding hydrogens is 312 g/mol. The molecule has 0 atom stereocenters. The van der Waals surface area contributed by atoms with Crippen molar-refractivity contribution in [1.82, 2.24) is 15.0 Å². The van der Waals surface area contributed by atoms with Gasteiger partial charge in [0.25, 0.3) is 5.91 Å². The fourth-order valence-corrected chi connectivity index (χ4v) is 2.72. The van der Waals surface area contributed by atoms with Crippen molar-refractivity contribution in [3.8, 4) is 11.3 Å². The van der Waals surface area contributed by atoms with E-state index in [-0.39, 0.29) is 5.91 Å². The van der Waals surface area contributed by atoms with Gasteiger partial charge in [-0.3, -0.25) is 9.78 Å². The van der Waals surface area contributed by atoms with Crippen molar-refractivity contribution in [1.29, 1.82) is 0 Å². The van der Waals surface area contributed by atoms with Gasteiger partial charge in [-0.25, -0.2) is 9.97 Å². The van der Waals surface area contributed by atoms with E-state index in [9.17, 15) is 4.79 Å². The van der Waals surface area contributed by atoms with Crippen LogP contribution in [0.15, 0.2) is 79.4 Å². The molecule has 0 fully saturated rings. The largest absolute Gasteiger partial charge is 0.321 e. The van der Waals surface area contributed by atoms with Crippen LogP contribution in [0, 0.1) is 0 Å². The maximum absolute atomic E-state index is 12.8. The fourth-order valence-electron chi connectivity index (χ4n) is 2.72. The molecule has 0 saturated carbocycles. The fraction of sp³-hybridized carbons (Fsp3) is 0. The molecule has 120 valence electrons. The summed E-state index contributed by atoms with van der Waals surface area (Å²) in [6.45, 7) is 0. The molecule has 0 saturated heterocycles. The van der Waals surface area contributed by atoms with Crippen LogP contribution in [0.4, 0.5) is 5.69 Å². The van der Waals surface area contributed by atoms with Crippen LogP contribution in [-0.4, -0.2) is 20.9 Å². The summed E-state index contributed by atoms with van der Waals surface area (Å²) in [5, 5.41) is 3.84. The van der Waals surface area contributed by atoms with Crippen molar-refractivity contribution in [2.45, 2.75) is 0 Å². The number of benzene rings is 2. The number of pyridine rings is 1. The van der Waals surface area contributed by atoms with Gasteiger partial charge in [0.1, 0.15) is 6.33 Å². The van der Waals surface area contributed by atoms with E-state index >= 15 is 0 Å². The first-order chi connectivity index (χ1) is 12.3. The van der Waals surface area contributed by atoms with E-state index in [1.807, 2.05) is 60.7 Å². The Labute approximate surface area is 144 Å². The number of amides is 1. The number of nitrogens with zero attached hydrogens (tertiary/aromatic N) is 3. The van der Waals surface area contributed by atoms with E-state index in [0.29, 0.717) is 16.9 Å². The lowest BCUT2D eigenvalue weighted by atomic mass is 10.1. The van der Waals surface area contributed by atoms with Gasteiger partial charge in [-0.1, -0.05) is 36.4 Å². The SMILES string of the molecule is O=C(Nc1cccc2ncccc12)c1cncnc1-c1ccccc1. The minimum absolute atomic E-state index is 0.254. The molecule has 2 aromatic heterocycles. The van der Waals surface area contributed by atoms with E-state index in [1.54, 1.807) is 6.20 Å². The van der Waals surface area contributed by atoms with E-state index < -0.39 is 0 Å². The van der Waals surface area contributed by atoms with E-state index in [4.69, 9.17) is 0 Å². The van der Waals surface area contributed by atoms with Crippen LogP contribution in [0.25, 0.3) is 22.2 Å². The molecule has 2 heterocycles. The van der Waals surface area contributed by atoms with Crippen LogP contribution < -0.4 is 5.32 Å². The predicted octanol–water partition coefficient (Wildman–Crippen LogP) is 3.94. The molecule has 0 unspecified atom stereocenters. The Bertz CT molecular complexity index is 1040. The Balaban J connectivity index is 1.73. The smallest absolute Gasteiger partial charge is 0.259 e. The number of nitrogens with one attached hydrogen (secondary N) is 1. The van der Waals surface area contributed by atoms with Crippen LogP contribution in [0.1, 0.15) is 10.4 Å². The third-order valence-corrected chi connectivity index (χ3v) is 3.90. The van der Waals surface area contributed by atoms with Crippen molar-refractivity contribution in [3.63, 3.8) is 0 Å². The van der Waals surface area contributed by atoms with Gasteiger partial charge in [0, 0.05) is 23.3 Å². The molecule has 0 spiro atoms. The number of hydrogen-bond donors (Lipinski definition) is 1. The van der Waals surface area contributed by atoms with E-state index in [1.165, 1.54) is 12.5 Å². The Morgan fingerprint density at radius 1 is 0.880 bits per heavy atom. The van der Waals surface area contributed by atoms with Gasteiger partial charge in [0.2, 0.25) is 0 Å². The lowest BCUT2D eigenvalue weighted by Gasteiger charge is -2.10. The number of rotatable bonds is 3. The highest BCUT2D eigenvalue weighted by Gasteiger charge is 2.15. The molecule has 5 nitrogen and oxygen atoms in total. The highest BCUT2D eigenvalue weighted by Crippen LogP contribution is 2.24. The summed E-state index contributed by atoms with van der Waals surface area (Å²) in [6.07, 6.45) is 4.71. The van der Waals surface area contributed by atoms with Crippen molar-refractivity contribution in [2.75, 3.05) is 5.32 Å². The van der Waals surface area contributed by atoms with Crippen molar-refractivity contribution in [3.05, 3.63) is 84.9 Å². The molecule has 0 radical (unpaired) electrons. The van der Waals surface area contributed by atoms with Crippen LogP contribution in [0.2, 0.25) is 0 Å². The minimum Gasteiger partial charge on any atom is -0.321 e. The summed E-state index contributed by atoms with van der Waals surface area (Å²) in [4.78, 5) is 25.5. The average molecular weight is 326 g/mol. The van der Waals surface area contributed by atoms with Gasteiger partial charge in [-0.15, -0.1) is 0 Å². The molecule has 4 aromatic rings. The van der Waals surface area contributed by atoms with E-state index in [0.717, 1.165) is 16.5 Å². The number of aromatic nitrogens is 3. The second-order valence-electron chi connectivity index (χ2n) is 5.48. The van der Waals surface area contributed by atoms with Gasteiger partial charge in [-0.2, -0.15) is 0 Å². The Kier molecular flexibility index (Phi) is 3.88. The maximum atomic E-state index is 12.8. The predicted molar refractivity (Wildman–Crippen MR) is 97.2 cm³/mol. The first kappa shape index (κ1) is 15.0. The average Bonchev–Trinajstić information content (AvgIpc) is 2.69. The Hall–Kier alpha value is -3.60. The minimum atomic E-state index is -0.254. The zero-order chi connectivity index (χ0) is 17.1. The first-order valence-electron chi connectivity index (χ1n) is 7.83. The number of hydrogen-bond acceptors (Lipinski definition) is 4. The number of fused-ring (bicyclic) bond motifs is 1. The summed E-state index contributed by atoms with van der Waals surface area (Å²) < 4.78 is 0. The first-order valence-corrected chi connectivity index (χ1v) is 7.83. The monoisotopic (exact) mass is 326 g/mol. The van der Waals surface area contributed by atoms with Gasteiger partial charge >= 0.3 is 0 Å². The molecule has 5 heteroatoms. The third-order valence-electron chi connectivity index (χ3n) is 3.90. The summed E-state index contributed by atoms with van der Waals surface area (Å²) in [5.74, 6) is -0.254. The summed E-state index contributed by atoms with van der Waals surface area (Å²) in [7, 11) is 0. The zero-order valence-corrected chi connectivity index (χ0v) is 13.3. The van der Waals surface area contributed by atoms with Crippen molar-refractivity contribution < 1.29 is 4.79 Å². The molecule has 4 rings (SSSR count). The van der Waals surface area contributed by atoms with Crippen LogP contribution in [-0.2, 0) is 0 Å². The maximum Gasteiger partial charge on any atom is 0.259 e. The zero-order valence-electron chi connectivity index (χ0n) is 13.3. The molecule has 2 aromatic carbocycles. The van der Waals surface area contributed by atoms with Gasteiger partial charge in [-0.05, 0) is 24.3 Å². The molecular formula is C20H14N4O. The Morgan fingerprint density at radius 2 is 1.76 bits per heavy atom. The standard InChI is InChI=1S/C20H14N4O/c25-20(24-18-10-4-9-17-15(18)8-5-11-22-17)16-12-21-13-23-19(16)14-6-2-1-3-7-14/h1-13H,(H,24,25). The third kappa shape index (κ3) is 2.95. The molecule has 0 aliphatic carbocycles. The number of anilines is 1. The van der Waals surface area contributed by atoms with Gasteiger partial charge < -0.3 is 5.32 Å². The molecule has 0 aliphatic rings. The van der Waals surface area contributed by atoms with Crippen molar-refractivity contribution >= 4 is 22.5 Å². The van der Waals surface area contributed by atoms with E-state index in [2.05, 4.69) is 20.3 Å². The Morgan fingerprint density at radius 3 is 2.64 bits per heavy atom. The number of carbonyl (C=O) groups excluding carboxylic acids is 1. The molecule has 0 bridgehead atoms. The second kappa shape index (κ2) is 6.49. The highest BCUT2D eigenvalue weighted by atomic mass is 16.1. The highest BCUT2D eigenvalue weighted by molar-refractivity contribution is 6.11. The summed E-state index contributed by atoms with van der Waals surface area (Å²) in [6, 6.07) is 19.0. The van der Waals surface area contributed by atoms with Crippen LogP contribution in [0.3, 0.4) is 0 Å². The van der Waals surface area contributed by atoms with Gasteiger partial charge in [0.05, 0.1) is 22.5 Å². The van der Waals surface area contributed by atoms with Crippen molar-refractivity contribution in [2.24, 2.45) is 0 Å². The topological polar surface area (TPSA) is 67.8 Å². The molecule has 0 aliphatic heterocycles. The summed E-state index contributed by atoms with van der Waals surface area (Å²) in [5.41, 5.74) is 3.43. The molecule has 1 amide bonds. The normalized spacial score (nSPS) is 10.6. The second-order valence-corrected chi connectivity index (χ2v) is 5.48.